The molecule has 0 amide bonds. The fraction of sp³-hybridized carbons (Fsp3) is 0.412. The molecule has 0 atom stereocenters. The van der Waals surface area contributed by atoms with Gasteiger partial charge in [-0.15, -0.1) is 0 Å². The predicted octanol–water partition coefficient (Wildman–Crippen LogP) is 3.62. The van der Waals surface area contributed by atoms with Crippen LogP contribution in [0.15, 0.2) is 24.4 Å². The van der Waals surface area contributed by atoms with E-state index in [0.29, 0.717) is 12.4 Å². The summed E-state index contributed by atoms with van der Waals surface area (Å²) in [6.07, 6.45) is 1.81. The monoisotopic (exact) mass is 345 g/mol. The summed E-state index contributed by atoms with van der Waals surface area (Å²) in [5.74, 6) is -0.378. The van der Waals surface area contributed by atoms with Crippen molar-refractivity contribution in [3.63, 3.8) is 0 Å². The van der Waals surface area contributed by atoms with Crippen LogP contribution in [-0.2, 0) is 16.2 Å². The highest BCUT2D eigenvalue weighted by molar-refractivity contribution is 6.76. The van der Waals surface area contributed by atoms with E-state index in [9.17, 15) is 4.79 Å². The molecule has 24 heavy (non-hydrogen) atoms. The molecule has 1 N–H and O–H groups in total. The lowest BCUT2D eigenvalue weighted by atomic mass is 10.2. The van der Waals surface area contributed by atoms with Crippen LogP contribution in [-0.4, -0.2) is 42.5 Å². The average molecular weight is 345 g/mol. The van der Waals surface area contributed by atoms with Gasteiger partial charge in [0.05, 0.1) is 24.3 Å². The Bertz CT molecular complexity index is 876. The Morgan fingerprint density at radius 3 is 2.75 bits per heavy atom. The van der Waals surface area contributed by atoms with Crippen LogP contribution in [0, 0.1) is 0 Å². The number of rotatable bonds is 6. The van der Waals surface area contributed by atoms with Gasteiger partial charge >= 0.3 is 5.97 Å². The molecule has 0 unspecified atom stereocenters. The standard InChI is InChI=1S/C17H23N3O3Si/c1-22-17(21)14-9-12-5-6-13-10-18-20(16(13)15(12)19-14)11-23-7-8-24(2,3)4/h5-6,9-10,19H,7-8,11H2,1-4H3. The molecule has 2 aromatic heterocycles. The third-order valence-corrected chi connectivity index (χ3v) is 5.71. The molecule has 7 heteroatoms. The minimum Gasteiger partial charge on any atom is -0.464 e. The molecule has 6 nitrogen and oxygen atoms in total. The van der Waals surface area contributed by atoms with Gasteiger partial charge in [-0.05, 0) is 12.1 Å². The number of carbonyl (C=O) groups excluding carboxylic acids is 1. The van der Waals surface area contributed by atoms with E-state index >= 15 is 0 Å². The van der Waals surface area contributed by atoms with Crippen molar-refractivity contribution in [3.05, 3.63) is 30.1 Å². The summed E-state index contributed by atoms with van der Waals surface area (Å²) in [6, 6.07) is 6.89. The first-order valence-electron chi connectivity index (χ1n) is 8.02. The van der Waals surface area contributed by atoms with Crippen molar-refractivity contribution in [2.24, 2.45) is 0 Å². The number of aromatic nitrogens is 3. The van der Waals surface area contributed by atoms with Crippen LogP contribution >= 0.6 is 0 Å². The van der Waals surface area contributed by atoms with Crippen molar-refractivity contribution in [1.82, 2.24) is 14.8 Å². The summed E-state index contributed by atoms with van der Waals surface area (Å²) in [6.45, 7) is 8.13. The van der Waals surface area contributed by atoms with Gasteiger partial charge in [0, 0.05) is 25.5 Å². The SMILES string of the molecule is COC(=O)c1cc2ccc3cnn(COCC[Si](C)(C)C)c3c2[nH]1. The van der Waals surface area contributed by atoms with E-state index in [-0.39, 0.29) is 5.97 Å². The van der Waals surface area contributed by atoms with Crippen molar-refractivity contribution in [2.45, 2.75) is 32.4 Å². The zero-order valence-corrected chi connectivity index (χ0v) is 15.5. The van der Waals surface area contributed by atoms with Crippen LogP contribution in [0.25, 0.3) is 21.8 Å². The minimum absolute atomic E-state index is 0.378. The van der Waals surface area contributed by atoms with Crippen molar-refractivity contribution in [3.8, 4) is 0 Å². The fourth-order valence-corrected chi connectivity index (χ4v) is 3.38. The van der Waals surface area contributed by atoms with Crippen molar-refractivity contribution < 1.29 is 14.3 Å². The average Bonchev–Trinajstić information content (AvgIpc) is 3.13. The number of benzene rings is 1. The number of methoxy groups -OCH3 is 1. The van der Waals surface area contributed by atoms with Crippen LogP contribution in [0.1, 0.15) is 10.5 Å². The summed E-state index contributed by atoms with van der Waals surface area (Å²) in [5.41, 5.74) is 2.25. The zero-order chi connectivity index (χ0) is 17.3. The molecule has 1 aromatic carbocycles. The molecule has 0 aliphatic carbocycles. The Kier molecular flexibility index (Phi) is 4.47. The maximum Gasteiger partial charge on any atom is 0.354 e. The Hall–Kier alpha value is -2.12. The molecule has 0 radical (unpaired) electrons. The largest absolute Gasteiger partial charge is 0.464 e. The Labute approximate surface area is 141 Å². The van der Waals surface area contributed by atoms with Gasteiger partial charge in [-0.25, -0.2) is 9.48 Å². The zero-order valence-electron chi connectivity index (χ0n) is 14.5. The molecule has 0 aliphatic heterocycles. The number of H-pyrrole nitrogens is 1. The van der Waals surface area contributed by atoms with Crippen molar-refractivity contribution in [2.75, 3.05) is 13.7 Å². The number of carbonyl (C=O) groups is 1. The van der Waals surface area contributed by atoms with Gasteiger partial charge in [-0.2, -0.15) is 5.10 Å². The molecule has 2 heterocycles. The quantitative estimate of drug-likeness (QED) is 0.421. The van der Waals surface area contributed by atoms with Gasteiger partial charge in [0.2, 0.25) is 0 Å². The summed E-state index contributed by atoms with van der Waals surface area (Å²) in [4.78, 5) is 14.9. The fourth-order valence-electron chi connectivity index (χ4n) is 2.62. The number of nitrogens with one attached hydrogen (secondary N) is 1. The second kappa shape index (κ2) is 6.41. The Morgan fingerprint density at radius 1 is 1.29 bits per heavy atom. The van der Waals surface area contributed by atoms with E-state index < -0.39 is 8.07 Å². The van der Waals surface area contributed by atoms with Crippen LogP contribution in [0.2, 0.25) is 25.7 Å². The predicted molar refractivity (Wildman–Crippen MR) is 97.0 cm³/mol. The molecule has 3 aromatic rings. The summed E-state index contributed by atoms with van der Waals surface area (Å²) >= 11 is 0. The maximum absolute atomic E-state index is 11.8. The third kappa shape index (κ3) is 3.37. The Balaban J connectivity index is 1.89. The van der Waals surface area contributed by atoms with E-state index in [1.54, 1.807) is 6.07 Å². The van der Waals surface area contributed by atoms with Crippen LogP contribution < -0.4 is 0 Å². The summed E-state index contributed by atoms with van der Waals surface area (Å²) in [5, 5.41) is 6.38. The van der Waals surface area contributed by atoms with Gasteiger partial charge in [0.1, 0.15) is 12.4 Å². The first kappa shape index (κ1) is 16.7. The van der Waals surface area contributed by atoms with Crippen LogP contribution in [0.3, 0.4) is 0 Å². The number of hydrogen-bond donors (Lipinski definition) is 1. The lowest BCUT2D eigenvalue weighted by Gasteiger charge is -2.15. The van der Waals surface area contributed by atoms with Gasteiger partial charge in [0.25, 0.3) is 0 Å². The van der Waals surface area contributed by atoms with Gasteiger partial charge < -0.3 is 14.5 Å². The number of esters is 1. The van der Waals surface area contributed by atoms with Crippen molar-refractivity contribution in [1.29, 1.82) is 0 Å². The van der Waals surface area contributed by atoms with E-state index in [2.05, 4.69) is 29.7 Å². The lowest BCUT2D eigenvalue weighted by molar-refractivity contribution is 0.0595. The normalized spacial score (nSPS) is 12.2. The number of aromatic amines is 1. The highest BCUT2D eigenvalue weighted by Crippen LogP contribution is 2.26. The molecular formula is C17H23N3O3Si. The molecular weight excluding hydrogens is 322 g/mol. The first-order valence-corrected chi connectivity index (χ1v) is 11.7. The second-order valence-corrected chi connectivity index (χ2v) is 12.8. The molecule has 0 saturated carbocycles. The Morgan fingerprint density at radius 2 is 2.04 bits per heavy atom. The number of ether oxygens (including phenoxy) is 2. The molecule has 128 valence electrons. The van der Waals surface area contributed by atoms with Gasteiger partial charge in [-0.3, -0.25) is 0 Å². The molecule has 0 spiro atoms. The van der Waals surface area contributed by atoms with Gasteiger partial charge in [-0.1, -0.05) is 31.8 Å². The topological polar surface area (TPSA) is 69.1 Å². The van der Waals surface area contributed by atoms with E-state index in [1.165, 1.54) is 7.11 Å². The first-order chi connectivity index (χ1) is 11.4. The second-order valence-electron chi connectivity index (χ2n) is 7.13. The maximum atomic E-state index is 11.8. The van der Waals surface area contributed by atoms with Gasteiger partial charge in [0.15, 0.2) is 0 Å². The van der Waals surface area contributed by atoms with Crippen LogP contribution in [0.5, 0.6) is 0 Å². The molecule has 0 aliphatic rings. The smallest absolute Gasteiger partial charge is 0.354 e. The molecule has 0 fully saturated rings. The van der Waals surface area contributed by atoms with Crippen molar-refractivity contribution >= 4 is 35.8 Å². The lowest BCUT2D eigenvalue weighted by Crippen LogP contribution is -2.22. The summed E-state index contributed by atoms with van der Waals surface area (Å²) < 4.78 is 12.4. The van der Waals surface area contributed by atoms with E-state index in [0.717, 1.165) is 34.5 Å². The highest BCUT2D eigenvalue weighted by Gasteiger charge is 2.15. The molecule has 0 bridgehead atoms. The molecule has 3 rings (SSSR count). The number of hydrogen-bond acceptors (Lipinski definition) is 4. The third-order valence-electron chi connectivity index (χ3n) is 4.01. The molecule has 0 saturated heterocycles. The van der Waals surface area contributed by atoms with E-state index in [4.69, 9.17) is 9.47 Å². The highest BCUT2D eigenvalue weighted by atomic mass is 28.3. The summed E-state index contributed by atoms with van der Waals surface area (Å²) in [7, 11) is 0.273. The number of fused-ring (bicyclic) bond motifs is 3. The minimum atomic E-state index is -1.10. The number of nitrogens with zero attached hydrogens (tertiary/aromatic N) is 2. The van der Waals surface area contributed by atoms with Crippen LogP contribution in [0.4, 0.5) is 0 Å². The van der Waals surface area contributed by atoms with E-state index in [1.807, 2.05) is 23.0 Å².